The Kier molecular flexibility index (Phi) is 7.92. The quantitative estimate of drug-likeness (QED) is 0.344. The van der Waals surface area contributed by atoms with E-state index in [4.69, 9.17) is 4.74 Å². The molecule has 3 aliphatic heterocycles. The van der Waals surface area contributed by atoms with Crippen molar-refractivity contribution < 1.29 is 22.7 Å². The number of fused-ring (bicyclic) bond motifs is 9. The van der Waals surface area contributed by atoms with E-state index in [1.54, 1.807) is 13.2 Å². The zero-order valence-electron chi connectivity index (χ0n) is 29.4. The summed E-state index contributed by atoms with van der Waals surface area (Å²) >= 11 is 0. The lowest BCUT2D eigenvalue weighted by Gasteiger charge is -2.37. The van der Waals surface area contributed by atoms with Gasteiger partial charge in [-0.15, -0.1) is 0 Å². The van der Waals surface area contributed by atoms with Gasteiger partial charge in [-0.3, -0.25) is 14.5 Å². The number of amides is 2. The molecule has 5 aliphatic rings. The minimum absolute atomic E-state index is 0.0712. The van der Waals surface area contributed by atoms with Crippen molar-refractivity contribution in [2.75, 3.05) is 40.8 Å². The molecule has 2 saturated heterocycles. The molecular formula is C38H49N5O5S. The van der Waals surface area contributed by atoms with Crippen LogP contribution in [-0.4, -0.2) is 91.8 Å². The van der Waals surface area contributed by atoms with Gasteiger partial charge < -0.3 is 14.2 Å². The number of piperazine rings is 1. The molecule has 49 heavy (non-hydrogen) atoms. The summed E-state index contributed by atoms with van der Waals surface area (Å²) < 4.78 is 36.5. The molecule has 2 aliphatic carbocycles. The topological polar surface area (TPSA) is 104 Å². The van der Waals surface area contributed by atoms with Crippen LogP contribution in [0.1, 0.15) is 92.1 Å². The number of nitrogens with one attached hydrogen (secondary N) is 1. The normalized spacial score (nSPS) is 26.5. The Hall–Kier alpha value is -3.41. The highest BCUT2D eigenvalue weighted by atomic mass is 32.2. The molecule has 11 heteroatoms. The Morgan fingerprint density at radius 1 is 1.04 bits per heavy atom. The second-order valence-corrected chi connectivity index (χ2v) is 17.7. The number of hydrogen-bond acceptors (Lipinski definition) is 6. The lowest BCUT2D eigenvalue weighted by atomic mass is 9.81. The van der Waals surface area contributed by atoms with Crippen molar-refractivity contribution >= 4 is 32.9 Å². The van der Waals surface area contributed by atoms with Crippen LogP contribution in [0.15, 0.2) is 36.4 Å². The molecule has 1 N–H and O–H groups in total. The molecule has 2 amide bonds. The van der Waals surface area contributed by atoms with E-state index >= 15 is 0 Å². The van der Waals surface area contributed by atoms with Crippen LogP contribution in [-0.2, 0) is 21.5 Å². The first-order chi connectivity index (χ1) is 23.4. The minimum atomic E-state index is -3.97. The Balaban J connectivity index is 1.27. The van der Waals surface area contributed by atoms with Gasteiger partial charge in [-0.1, -0.05) is 39.2 Å². The van der Waals surface area contributed by atoms with Crippen LogP contribution in [0.4, 0.5) is 0 Å². The van der Waals surface area contributed by atoms with E-state index in [0.717, 1.165) is 77.5 Å². The van der Waals surface area contributed by atoms with Crippen LogP contribution in [0, 0.1) is 11.3 Å². The summed E-state index contributed by atoms with van der Waals surface area (Å²) in [4.78, 5) is 33.2. The third-order valence-electron chi connectivity index (χ3n) is 12.1. The first kappa shape index (κ1) is 32.8. The molecule has 8 rings (SSSR count). The van der Waals surface area contributed by atoms with E-state index < -0.39 is 21.5 Å². The van der Waals surface area contributed by atoms with Crippen molar-refractivity contribution in [1.82, 2.24) is 23.4 Å². The molecule has 1 aromatic heterocycles. The van der Waals surface area contributed by atoms with Crippen molar-refractivity contribution in [3.05, 3.63) is 53.1 Å². The van der Waals surface area contributed by atoms with Crippen LogP contribution < -0.4 is 9.46 Å². The van der Waals surface area contributed by atoms with Crippen molar-refractivity contribution in [3.63, 3.8) is 0 Å². The summed E-state index contributed by atoms with van der Waals surface area (Å²) in [6.45, 7) is 7.84. The van der Waals surface area contributed by atoms with Crippen molar-refractivity contribution in [3.8, 4) is 17.0 Å². The number of methoxy groups -OCH3 is 1. The summed E-state index contributed by atoms with van der Waals surface area (Å²) in [5.41, 5.74) is 5.32. The second kappa shape index (κ2) is 11.8. The van der Waals surface area contributed by atoms with Crippen LogP contribution in [0.25, 0.3) is 22.2 Å². The molecule has 4 fully saturated rings. The largest absolute Gasteiger partial charge is 0.497 e. The molecule has 2 bridgehead atoms. The van der Waals surface area contributed by atoms with Gasteiger partial charge in [0.25, 0.3) is 5.91 Å². The molecule has 4 atom stereocenters. The number of ether oxygens (including phenoxy) is 1. The maximum Gasteiger partial charge on any atom is 0.303 e. The maximum atomic E-state index is 15.0. The first-order valence-electron chi connectivity index (χ1n) is 18.1. The minimum Gasteiger partial charge on any atom is -0.497 e. The van der Waals surface area contributed by atoms with Crippen LogP contribution in [0.3, 0.4) is 0 Å². The fourth-order valence-electron chi connectivity index (χ4n) is 9.67. The predicted molar refractivity (Wildman–Crippen MR) is 190 cm³/mol. The maximum absolute atomic E-state index is 15.0. The van der Waals surface area contributed by atoms with E-state index in [9.17, 15) is 18.0 Å². The summed E-state index contributed by atoms with van der Waals surface area (Å²) in [7, 11) is 0.517. The molecule has 262 valence electrons. The molecule has 4 heterocycles. The van der Waals surface area contributed by atoms with Crippen LogP contribution >= 0.6 is 0 Å². The molecule has 10 nitrogen and oxygen atoms in total. The Labute approximate surface area is 289 Å². The number of nitrogens with zero attached hydrogens (tertiary/aromatic N) is 4. The first-order valence-corrected chi connectivity index (χ1v) is 19.5. The molecule has 3 aromatic rings. The van der Waals surface area contributed by atoms with Crippen LogP contribution in [0.5, 0.6) is 5.75 Å². The molecule has 0 spiro atoms. The number of aromatic nitrogens is 1. The van der Waals surface area contributed by atoms with Gasteiger partial charge in [0.15, 0.2) is 0 Å². The van der Waals surface area contributed by atoms with E-state index in [1.807, 2.05) is 18.2 Å². The number of benzene rings is 2. The highest BCUT2D eigenvalue weighted by Crippen LogP contribution is 2.66. The third kappa shape index (κ3) is 5.30. The van der Waals surface area contributed by atoms with Crippen molar-refractivity contribution in [1.29, 1.82) is 0 Å². The molecule has 2 aromatic carbocycles. The Bertz CT molecular complexity index is 1950. The number of likely N-dealkylation sites (tertiary alicyclic amines) is 2. The fraction of sp³-hybridized carbons (Fsp3) is 0.579. The highest BCUT2D eigenvalue weighted by molar-refractivity contribution is 7.87. The van der Waals surface area contributed by atoms with Crippen LogP contribution in [0.2, 0.25) is 0 Å². The fourth-order valence-corrected chi connectivity index (χ4v) is 10.2. The average Bonchev–Trinajstić information content (AvgIpc) is 3.31. The summed E-state index contributed by atoms with van der Waals surface area (Å²) in [5, 5.41) is 1.09. The van der Waals surface area contributed by atoms with E-state index in [0.29, 0.717) is 24.4 Å². The summed E-state index contributed by atoms with van der Waals surface area (Å²) in [6, 6.07) is 12.6. The standard InChI is InChI=1S/C38H49N5O5S/c1-23(2)19-41-20-27-16-26(41)21-42(27)37(45)38-18-32(38)31-17-28(48-5)12-14-29(31)35-34(24-9-7-6-8-10-24)30-13-11-25(15-33(30)43(35)22-38)36(44)39-49(46,47)40(3)4/h11-15,17,23-24,26-27,32H,6-10,16,18-22H2,1-5H3,(H,39,44)/t26-,27-,32?,38?/m0/s1. The van der Waals surface area contributed by atoms with E-state index in [1.165, 1.54) is 44.5 Å². The second-order valence-electron chi connectivity index (χ2n) is 15.8. The zero-order valence-corrected chi connectivity index (χ0v) is 30.2. The van der Waals surface area contributed by atoms with E-state index in [2.05, 4.69) is 45.1 Å². The number of carbonyl (C=O) groups is 2. The zero-order chi connectivity index (χ0) is 34.4. The van der Waals surface area contributed by atoms with Gasteiger partial charge in [0, 0.05) is 80.3 Å². The number of rotatable bonds is 8. The molecule has 2 unspecified atom stereocenters. The lowest BCUT2D eigenvalue weighted by Crippen LogP contribution is -2.52. The van der Waals surface area contributed by atoms with E-state index in [-0.39, 0.29) is 23.4 Å². The predicted octanol–water partition coefficient (Wildman–Crippen LogP) is 5.33. The van der Waals surface area contributed by atoms with Gasteiger partial charge in [-0.2, -0.15) is 12.7 Å². The van der Waals surface area contributed by atoms with Crippen molar-refractivity contribution in [2.24, 2.45) is 11.3 Å². The van der Waals surface area contributed by atoms with Gasteiger partial charge in [0.05, 0.1) is 18.2 Å². The average molecular weight is 688 g/mol. The third-order valence-corrected chi connectivity index (χ3v) is 13.5. The number of hydrogen-bond donors (Lipinski definition) is 1. The van der Waals surface area contributed by atoms with Gasteiger partial charge in [-0.05, 0) is 79.0 Å². The Morgan fingerprint density at radius 2 is 1.82 bits per heavy atom. The van der Waals surface area contributed by atoms with Gasteiger partial charge >= 0.3 is 10.2 Å². The smallest absolute Gasteiger partial charge is 0.303 e. The monoisotopic (exact) mass is 687 g/mol. The molecule has 2 saturated carbocycles. The summed E-state index contributed by atoms with van der Waals surface area (Å²) in [6.07, 6.45) is 7.58. The summed E-state index contributed by atoms with van der Waals surface area (Å²) in [5.74, 6) is 1.40. The Morgan fingerprint density at radius 3 is 2.49 bits per heavy atom. The lowest BCUT2D eigenvalue weighted by molar-refractivity contribution is -0.140. The van der Waals surface area contributed by atoms with Gasteiger partial charge in [0.2, 0.25) is 5.91 Å². The molecular weight excluding hydrogens is 639 g/mol. The highest BCUT2D eigenvalue weighted by Gasteiger charge is 2.65. The number of carbonyl (C=O) groups excluding carboxylic acids is 2. The SMILES string of the molecule is COc1ccc2c(c1)C1CC1(C(=O)N1C[C@@H]3C[C@H]1CN3CC(C)C)Cn1c-2c(C2CCCCC2)c2ccc(C(=O)NS(=O)(=O)N(C)C)cc21. The van der Waals surface area contributed by atoms with Gasteiger partial charge in [0.1, 0.15) is 5.75 Å². The van der Waals surface area contributed by atoms with Gasteiger partial charge in [-0.25, -0.2) is 4.72 Å². The van der Waals surface area contributed by atoms with Crippen molar-refractivity contribution in [2.45, 2.75) is 89.3 Å². The molecule has 0 radical (unpaired) electrons.